The maximum Gasteiger partial charge on any atom is 0.255 e. The fourth-order valence-electron chi connectivity index (χ4n) is 1.62. The van der Waals surface area contributed by atoms with E-state index < -0.39 is 0 Å². The van der Waals surface area contributed by atoms with E-state index in [0.717, 1.165) is 11.3 Å². The van der Waals surface area contributed by atoms with Crippen LogP contribution in [0.3, 0.4) is 0 Å². The van der Waals surface area contributed by atoms with Crippen LogP contribution in [0.4, 0.5) is 0 Å². The van der Waals surface area contributed by atoms with Crippen molar-refractivity contribution in [3.63, 3.8) is 0 Å². The number of hydrogen-bond donors (Lipinski definition) is 1. The summed E-state index contributed by atoms with van der Waals surface area (Å²) in [6.45, 7) is 0. The number of primary amides is 1. The summed E-state index contributed by atoms with van der Waals surface area (Å²) >= 11 is 0. The second-order valence-electron chi connectivity index (χ2n) is 3.72. The van der Waals surface area contributed by atoms with E-state index in [1.807, 2.05) is 0 Å². The second kappa shape index (κ2) is 4.65. The molecule has 0 atom stereocenters. The van der Waals surface area contributed by atoms with E-state index in [1.165, 1.54) is 10.6 Å². The lowest BCUT2D eigenvalue weighted by Crippen LogP contribution is -2.16. The molecule has 2 rings (SSSR count). The van der Waals surface area contributed by atoms with Crippen LogP contribution in [0.1, 0.15) is 5.56 Å². The Labute approximate surface area is 98.3 Å². The van der Waals surface area contributed by atoms with Gasteiger partial charge in [-0.3, -0.25) is 14.2 Å². The van der Waals surface area contributed by atoms with Crippen LogP contribution in [-0.2, 0) is 11.2 Å². The maximum absolute atomic E-state index is 11.6. The van der Waals surface area contributed by atoms with Crippen molar-refractivity contribution in [2.75, 3.05) is 0 Å². The molecule has 4 heteroatoms. The molecule has 2 N–H and O–H groups in total. The lowest BCUT2D eigenvalue weighted by Gasteiger charge is -2.05. The van der Waals surface area contributed by atoms with Crippen LogP contribution in [0.5, 0.6) is 0 Å². The van der Waals surface area contributed by atoms with Crippen LogP contribution in [0, 0.1) is 0 Å². The van der Waals surface area contributed by atoms with Crippen molar-refractivity contribution in [1.29, 1.82) is 0 Å². The summed E-state index contributed by atoms with van der Waals surface area (Å²) in [5, 5.41) is 0. The Kier molecular flexibility index (Phi) is 3.05. The molecule has 1 heterocycles. The third-order valence-corrected chi connectivity index (χ3v) is 2.42. The van der Waals surface area contributed by atoms with E-state index in [1.54, 1.807) is 42.6 Å². The van der Waals surface area contributed by atoms with Gasteiger partial charge in [-0.1, -0.05) is 18.2 Å². The first kappa shape index (κ1) is 11.1. The molecule has 0 saturated heterocycles. The Morgan fingerprint density at radius 3 is 2.41 bits per heavy atom. The first-order valence-corrected chi connectivity index (χ1v) is 5.22. The molecular formula is C13H12N2O2. The van der Waals surface area contributed by atoms with Gasteiger partial charge in [0.2, 0.25) is 5.91 Å². The molecule has 2 aromatic rings. The molecular weight excluding hydrogens is 216 g/mol. The highest BCUT2D eigenvalue weighted by molar-refractivity contribution is 5.76. The summed E-state index contributed by atoms with van der Waals surface area (Å²) in [5.74, 6) is -0.366. The zero-order chi connectivity index (χ0) is 12.3. The number of amides is 1. The minimum atomic E-state index is -0.366. The first-order chi connectivity index (χ1) is 8.16. The Hall–Kier alpha value is -2.36. The molecule has 4 nitrogen and oxygen atoms in total. The topological polar surface area (TPSA) is 65.1 Å². The van der Waals surface area contributed by atoms with E-state index in [2.05, 4.69) is 0 Å². The fourth-order valence-corrected chi connectivity index (χ4v) is 1.62. The zero-order valence-electron chi connectivity index (χ0n) is 9.17. The SMILES string of the molecule is NC(=O)Cc1ccc(-n2ccccc2=O)cc1. The number of carbonyl (C=O) groups excluding carboxylic acids is 1. The molecule has 0 saturated carbocycles. The summed E-state index contributed by atoms with van der Waals surface area (Å²) in [4.78, 5) is 22.3. The minimum Gasteiger partial charge on any atom is -0.369 e. The van der Waals surface area contributed by atoms with Crippen molar-refractivity contribution in [3.8, 4) is 5.69 Å². The number of rotatable bonds is 3. The monoisotopic (exact) mass is 228 g/mol. The maximum atomic E-state index is 11.6. The van der Waals surface area contributed by atoms with Crippen LogP contribution >= 0.6 is 0 Å². The van der Waals surface area contributed by atoms with Gasteiger partial charge < -0.3 is 5.73 Å². The molecule has 0 aliphatic heterocycles. The molecule has 0 fully saturated rings. The summed E-state index contributed by atoms with van der Waals surface area (Å²) in [7, 11) is 0. The van der Waals surface area contributed by atoms with Crippen molar-refractivity contribution >= 4 is 5.91 Å². The van der Waals surface area contributed by atoms with Gasteiger partial charge in [-0.25, -0.2) is 0 Å². The summed E-state index contributed by atoms with van der Waals surface area (Å²) in [5.41, 5.74) is 6.62. The van der Waals surface area contributed by atoms with Gasteiger partial charge in [-0.15, -0.1) is 0 Å². The van der Waals surface area contributed by atoms with Gasteiger partial charge in [0, 0.05) is 18.0 Å². The molecule has 1 amide bonds. The van der Waals surface area contributed by atoms with Crippen LogP contribution in [0.2, 0.25) is 0 Å². The zero-order valence-corrected chi connectivity index (χ0v) is 9.17. The Bertz CT molecular complexity index is 585. The van der Waals surface area contributed by atoms with Gasteiger partial charge in [-0.05, 0) is 23.8 Å². The summed E-state index contributed by atoms with van der Waals surface area (Å²) < 4.78 is 1.54. The normalized spacial score (nSPS) is 10.1. The van der Waals surface area contributed by atoms with Gasteiger partial charge in [0.25, 0.3) is 5.56 Å². The van der Waals surface area contributed by atoms with Gasteiger partial charge in [0.1, 0.15) is 0 Å². The smallest absolute Gasteiger partial charge is 0.255 e. The van der Waals surface area contributed by atoms with E-state index in [-0.39, 0.29) is 17.9 Å². The lowest BCUT2D eigenvalue weighted by atomic mass is 10.1. The number of nitrogens with zero attached hydrogens (tertiary/aromatic N) is 1. The number of hydrogen-bond acceptors (Lipinski definition) is 2. The lowest BCUT2D eigenvalue weighted by molar-refractivity contribution is -0.117. The molecule has 1 aromatic heterocycles. The number of aromatic nitrogens is 1. The largest absolute Gasteiger partial charge is 0.369 e. The standard InChI is InChI=1S/C13H12N2O2/c14-12(16)9-10-4-6-11(7-5-10)15-8-2-1-3-13(15)17/h1-8H,9H2,(H2,14,16). The molecule has 0 radical (unpaired) electrons. The predicted octanol–water partition coefficient (Wildman–Crippen LogP) is 0.865. The predicted molar refractivity (Wildman–Crippen MR) is 64.9 cm³/mol. The van der Waals surface area contributed by atoms with Gasteiger partial charge in [-0.2, -0.15) is 0 Å². The van der Waals surface area contributed by atoms with Gasteiger partial charge in [0.05, 0.1) is 6.42 Å². The highest BCUT2D eigenvalue weighted by Crippen LogP contribution is 2.08. The van der Waals surface area contributed by atoms with E-state index >= 15 is 0 Å². The Morgan fingerprint density at radius 1 is 1.12 bits per heavy atom. The van der Waals surface area contributed by atoms with E-state index in [9.17, 15) is 9.59 Å². The Morgan fingerprint density at radius 2 is 1.82 bits per heavy atom. The summed E-state index contributed by atoms with van der Waals surface area (Å²) in [6, 6.07) is 12.1. The van der Waals surface area contributed by atoms with E-state index in [0.29, 0.717) is 0 Å². The van der Waals surface area contributed by atoms with Crippen molar-refractivity contribution in [2.45, 2.75) is 6.42 Å². The second-order valence-corrected chi connectivity index (χ2v) is 3.72. The highest BCUT2D eigenvalue weighted by Gasteiger charge is 2.00. The molecule has 17 heavy (non-hydrogen) atoms. The number of carbonyl (C=O) groups is 1. The van der Waals surface area contributed by atoms with Crippen LogP contribution < -0.4 is 11.3 Å². The number of pyridine rings is 1. The number of benzene rings is 1. The summed E-state index contributed by atoms with van der Waals surface area (Å²) in [6.07, 6.45) is 1.91. The molecule has 0 spiro atoms. The molecule has 86 valence electrons. The van der Waals surface area contributed by atoms with Crippen molar-refractivity contribution in [2.24, 2.45) is 5.73 Å². The average molecular weight is 228 g/mol. The average Bonchev–Trinajstić information content (AvgIpc) is 2.30. The fraction of sp³-hybridized carbons (Fsp3) is 0.0769. The molecule has 0 bridgehead atoms. The molecule has 0 aliphatic carbocycles. The van der Waals surface area contributed by atoms with Crippen LogP contribution in [-0.4, -0.2) is 10.5 Å². The third-order valence-electron chi connectivity index (χ3n) is 2.42. The molecule has 1 aromatic carbocycles. The molecule has 0 aliphatic rings. The van der Waals surface area contributed by atoms with Crippen molar-refractivity contribution < 1.29 is 4.79 Å². The van der Waals surface area contributed by atoms with Gasteiger partial charge in [0.15, 0.2) is 0 Å². The van der Waals surface area contributed by atoms with Crippen LogP contribution in [0.15, 0.2) is 53.5 Å². The van der Waals surface area contributed by atoms with Crippen molar-refractivity contribution in [3.05, 3.63) is 64.6 Å². The van der Waals surface area contributed by atoms with Crippen LogP contribution in [0.25, 0.3) is 5.69 Å². The Balaban J connectivity index is 2.33. The van der Waals surface area contributed by atoms with Gasteiger partial charge >= 0.3 is 0 Å². The third kappa shape index (κ3) is 2.60. The molecule has 0 unspecified atom stereocenters. The quantitative estimate of drug-likeness (QED) is 0.847. The first-order valence-electron chi connectivity index (χ1n) is 5.22. The van der Waals surface area contributed by atoms with Crippen molar-refractivity contribution in [1.82, 2.24) is 4.57 Å². The minimum absolute atomic E-state index is 0.0878. The van der Waals surface area contributed by atoms with E-state index in [4.69, 9.17) is 5.73 Å². The number of nitrogens with two attached hydrogens (primary N) is 1. The highest BCUT2D eigenvalue weighted by atomic mass is 16.1.